The molecule has 2 N–H and O–H groups in total. The van der Waals surface area contributed by atoms with Gasteiger partial charge in [-0.15, -0.1) is 0 Å². The highest BCUT2D eigenvalue weighted by atomic mass is 16.5. The second-order valence-corrected chi connectivity index (χ2v) is 10.5. The van der Waals surface area contributed by atoms with Gasteiger partial charge in [0.25, 0.3) is 0 Å². The van der Waals surface area contributed by atoms with Crippen LogP contribution in [0.1, 0.15) is 44.2 Å². The molecule has 1 aromatic carbocycles. The molecule has 11 nitrogen and oxygen atoms in total. The van der Waals surface area contributed by atoms with E-state index >= 15 is 0 Å². The minimum atomic E-state index is -0.412. The van der Waals surface area contributed by atoms with Crippen LogP contribution >= 0.6 is 0 Å². The Balaban J connectivity index is 1.13. The maximum absolute atomic E-state index is 12.3. The molecule has 4 heterocycles. The summed E-state index contributed by atoms with van der Waals surface area (Å²) in [5, 5.41) is 13.8. The van der Waals surface area contributed by atoms with Crippen LogP contribution in [0.4, 0.5) is 16.3 Å². The summed E-state index contributed by atoms with van der Waals surface area (Å²) in [5.74, 6) is 7.96. The second kappa shape index (κ2) is 12.2. The Morgan fingerprint density at radius 1 is 1.07 bits per heavy atom. The monoisotopic (exact) mass is 543 g/mol. The third kappa shape index (κ3) is 7.16. The number of aromatic nitrogens is 4. The third-order valence-corrected chi connectivity index (χ3v) is 6.30. The lowest BCUT2D eigenvalue weighted by atomic mass is 9.93. The van der Waals surface area contributed by atoms with E-state index in [1.165, 1.54) is 0 Å². The molecule has 1 aliphatic rings. The lowest BCUT2D eigenvalue weighted by molar-refractivity contribution is 0.0358. The Morgan fingerprint density at radius 2 is 1.88 bits per heavy atom. The molecule has 1 saturated heterocycles. The first-order valence-corrected chi connectivity index (χ1v) is 13.3. The van der Waals surface area contributed by atoms with Crippen LogP contribution in [0.5, 0.6) is 5.75 Å². The first kappa shape index (κ1) is 27.2. The van der Waals surface area contributed by atoms with Gasteiger partial charge in [-0.2, -0.15) is 5.10 Å². The van der Waals surface area contributed by atoms with E-state index in [0.717, 1.165) is 44.8 Å². The molecular weight excluding hydrogens is 510 g/mol. The number of morpholine rings is 1. The van der Waals surface area contributed by atoms with Crippen LogP contribution in [-0.4, -0.2) is 70.1 Å². The molecule has 11 heteroatoms. The van der Waals surface area contributed by atoms with Gasteiger partial charge in [-0.25, -0.2) is 14.3 Å². The molecule has 1 aliphatic heterocycles. The molecule has 208 valence electrons. The molecule has 0 saturated carbocycles. The van der Waals surface area contributed by atoms with Crippen molar-refractivity contribution in [1.29, 1.82) is 0 Å². The van der Waals surface area contributed by atoms with Crippen molar-refractivity contribution in [3.05, 3.63) is 65.8 Å². The number of benzene rings is 1. The molecule has 4 aromatic rings. The quantitative estimate of drug-likeness (QED) is 0.264. The van der Waals surface area contributed by atoms with Crippen LogP contribution in [0, 0.1) is 11.8 Å². The van der Waals surface area contributed by atoms with Crippen LogP contribution in [-0.2, 0) is 10.2 Å². The number of hydrogen-bond acceptors (Lipinski definition) is 8. The summed E-state index contributed by atoms with van der Waals surface area (Å²) in [4.78, 5) is 19.1. The Kier molecular flexibility index (Phi) is 8.28. The Bertz CT molecular complexity index is 1500. The molecule has 0 bridgehead atoms. The summed E-state index contributed by atoms with van der Waals surface area (Å²) in [7, 11) is 0. The van der Waals surface area contributed by atoms with Crippen molar-refractivity contribution >= 4 is 23.2 Å². The smallest absolute Gasteiger partial charge is 0.324 e. The van der Waals surface area contributed by atoms with Crippen molar-refractivity contribution in [3.8, 4) is 17.6 Å². The van der Waals surface area contributed by atoms with E-state index < -0.39 is 6.03 Å². The SMILES string of the molecule is CC(C)(C)c1cc(NC(=O)Nc2ccc(C#Cc3cnc4cc(OCCCN5CCOCC5)cnn34)cc2)no1. The molecule has 40 heavy (non-hydrogen) atoms. The molecule has 2 amide bonds. The van der Waals surface area contributed by atoms with Crippen molar-refractivity contribution in [1.82, 2.24) is 24.7 Å². The van der Waals surface area contributed by atoms with Crippen LogP contribution < -0.4 is 15.4 Å². The fourth-order valence-corrected chi connectivity index (χ4v) is 4.07. The lowest BCUT2D eigenvalue weighted by Crippen LogP contribution is -2.37. The Labute approximate surface area is 232 Å². The van der Waals surface area contributed by atoms with Gasteiger partial charge in [0.1, 0.15) is 17.2 Å². The number of carbonyl (C=O) groups excluding carboxylic acids is 1. The number of fused-ring (bicyclic) bond motifs is 1. The molecule has 0 unspecified atom stereocenters. The summed E-state index contributed by atoms with van der Waals surface area (Å²) < 4.78 is 18.2. The summed E-state index contributed by atoms with van der Waals surface area (Å²) in [6.07, 6.45) is 4.31. The van der Waals surface area contributed by atoms with Gasteiger partial charge in [0.05, 0.1) is 32.2 Å². The van der Waals surface area contributed by atoms with Gasteiger partial charge in [-0.05, 0) is 36.6 Å². The molecule has 0 aliphatic carbocycles. The lowest BCUT2D eigenvalue weighted by Gasteiger charge is -2.26. The number of ether oxygens (including phenoxy) is 2. The summed E-state index contributed by atoms with van der Waals surface area (Å²) in [6, 6.07) is 10.4. The van der Waals surface area contributed by atoms with E-state index in [4.69, 9.17) is 14.0 Å². The fourth-order valence-electron chi connectivity index (χ4n) is 4.07. The minimum absolute atomic E-state index is 0.194. The van der Waals surface area contributed by atoms with Crippen molar-refractivity contribution in [2.75, 3.05) is 50.1 Å². The van der Waals surface area contributed by atoms with Crippen molar-refractivity contribution in [2.45, 2.75) is 32.6 Å². The van der Waals surface area contributed by atoms with Crippen molar-refractivity contribution < 1.29 is 18.8 Å². The summed E-state index contributed by atoms with van der Waals surface area (Å²) in [6.45, 7) is 11.2. The number of carbonyl (C=O) groups is 1. The summed E-state index contributed by atoms with van der Waals surface area (Å²) in [5.41, 5.74) is 2.55. The highest BCUT2D eigenvalue weighted by Gasteiger charge is 2.20. The number of amides is 2. The zero-order valence-electron chi connectivity index (χ0n) is 22.9. The normalized spacial score (nSPS) is 14.0. The highest BCUT2D eigenvalue weighted by Crippen LogP contribution is 2.24. The molecule has 0 atom stereocenters. The predicted octanol–water partition coefficient (Wildman–Crippen LogP) is 4.16. The van der Waals surface area contributed by atoms with Crippen LogP contribution in [0.2, 0.25) is 0 Å². The van der Waals surface area contributed by atoms with E-state index in [9.17, 15) is 4.79 Å². The average molecular weight is 544 g/mol. The van der Waals surface area contributed by atoms with Gasteiger partial charge >= 0.3 is 6.03 Å². The fraction of sp³-hybridized carbons (Fsp3) is 0.379. The number of urea groups is 1. The maximum atomic E-state index is 12.3. The first-order valence-electron chi connectivity index (χ1n) is 13.3. The standard InChI is InChI=1S/C29H33N7O4/c1-29(2,3)25-18-26(34-40-25)33-28(37)32-22-8-5-21(6-9-22)7-10-23-19-30-27-17-24(20-31-36(23)27)39-14-4-11-35-12-15-38-16-13-35/h5-6,8-9,17-20H,4,11-16H2,1-3H3,(H2,32,33,34,37). The average Bonchev–Trinajstić information content (AvgIpc) is 3.58. The Hall–Kier alpha value is -4.40. The molecule has 3 aromatic heterocycles. The molecule has 1 fully saturated rings. The van der Waals surface area contributed by atoms with Gasteiger partial charge in [-0.3, -0.25) is 10.2 Å². The first-order chi connectivity index (χ1) is 19.3. The van der Waals surface area contributed by atoms with Crippen LogP contribution in [0.15, 0.2) is 53.3 Å². The van der Waals surface area contributed by atoms with Crippen LogP contribution in [0.3, 0.4) is 0 Å². The van der Waals surface area contributed by atoms with E-state index in [0.29, 0.717) is 41.0 Å². The van der Waals surface area contributed by atoms with Crippen molar-refractivity contribution in [2.24, 2.45) is 0 Å². The number of anilines is 2. The maximum Gasteiger partial charge on any atom is 0.324 e. The molecular formula is C29H33N7O4. The van der Waals surface area contributed by atoms with Gasteiger partial charge in [0.15, 0.2) is 11.5 Å². The highest BCUT2D eigenvalue weighted by molar-refractivity contribution is 5.99. The number of rotatable bonds is 7. The molecule has 5 rings (SSSR count). The van der Waals surface area contributed by atoms with Gasteiger partial charge in [-0.1, -0.05) is 31.8 Å². The van der Waals surface area contributed by atoms with Gasteiger partial charge < -0.3 is 19.3 Å². The third-order valence-electron chi connectivity index (χ3n) is 6.30. The topological polar surface area (TPSA) is 119 Å². The number of nitrogens with zero attached hydrogens (tertiary/aromatic N) is 5. The van der Waals surface area contributed by atoms with E-state index in [1.54, 1.807) is 35.1 Å². The van der Waals surface area contributed by atoms with E-state index in [-0.39, 0.29) is 5.41 Å². The number of imidazole rings is 1. The van der Waals surface area contributed by atoms with E-state index in [1.807, 2.05) is 39.0 Å². The zero-order chi connectivity index (χ0) is 28.0. The number of hydrogen-bond donors (Lipinski definition) is 2. The largest absolute Gasteiger partial charge is 0.492 e. The van der Waals surface area contributed by atoms with Crippen molar-refractivity contribution in [3.63, 3.8) is 0 Å². The zero-order valence-corrected chi connectivity index (χ0v) is 22.9. The number of nitrogens with one attached hydrogen (secondary N) is 2. The summed E-state index contributed by atoms with van der Waals surface area (Å²) >= 11 is 0. The molecule has 0 spiro atoms. The predicted molar refractivity (Wildman–Crippen MR) is 151 cm³/mol. The van der Waals surface area contributed by atoms with Gasteiger partial charge in [0.2, 0.25) is 0 Å². The molecule has 0 radical (unpaired) electrons. The second-order valence-electron chi connectivity index (χ2n) is 10.5. The van der Waals surface area contributed by atoms with Gasteiger partial charge in [0, 0.05) is 48.4 Å². The minimum Gasteiger partial charge on any atom is -0.492 e. The van der Waals surface area contributed by atoms with Crippen LogP contribution in [0.25, 0.3) is 5.65 Å². The van der Waals surface area contributed by atoms with E-state index in [2.05, 4.69) is 42.6 Å². The Morgan fingerprint density at radius 3 is 2.62 bits per heavy atom.